The Labute approximate surface area is 230 Å². The van der Waals surface area contributed by atoms with E-state index < -0.39 is 21.6 Å². The molecule has 0 spiro atoms. The second-order valence-electron chi connectivity index (χ2n) is 10.7. The maximum Gasteiger partial charge on any atom is 0.239 e. The van der Waals surface area contributed by atoms with E-state index in [1.54, 1.807) is 19.2 Å². The predicted molar refractivity (Wildman–Crippen MR) is 153 cm³/mol. The van der Waals surface area contributed by atoms with Gasteiger partial charge in [-0.3, -0.25) is 9.59 Å². The van der Waals surface area contributed by atoms with E-state index in [1.807, 2.05) is 34.9 Å². The van der Waals surface area contributed by atoms with Crippen molar-refractivity contribution in [1.82, 2.24) is 14.2 Å². The number of sulfonamides is 1. The molecule has 1 saturated carbocycles. The molecule has 1 aliphatic carbocycles. The van der Waals surface area contributed by atoms with Gasteiger partial charge in [0.2, 0.25) is 15.9 Å². The third-order valence-corrected chi connectivity index (χ3v) is 9.87. The monoisotopic (exact) mass is 551 g/mol. The van der Waals surface area contributed by atoms with Crippen molar-refractivity contribution in [3.05, 3.63) is 53.6 Å². The summed E-state index contributed by atoms with van der Waals surface area (Å²) in [6.45, 7) is 0.876. The van der Waals surface area contributed by atoms with Crippen LogP contribution < -0.4 is 10.1 Å². The molecule has 1 fully saturated rings. The van der Waals surface area contributed by atoms with Crippen LogP contribution in [0.4, 0.5) is 0 Å². The number of carbonyl (C=O) groups is 2. The lowest BCUT2D eigenvalue weighted by Crippen LogP contribution is -2.33. The highest BCUT2D eigenvalue weighted by atomic mass is 32.2. The van der Waals surface area contributed by atoms with Crippen LogP contribution in [0.15, 0.2) is 42.5 Å². The Hall–Kier alpha value is -3.17. The van der Waals surface area contributed by atoms with Crippen LogP contribution in [-0.2, 0) is 21.4 Å². The average molecular weight is 552 g/mol. The summed E-state index contributed by atoms with van der Waals surface area (Å²) in [6, 6.07) is 13.4. The lowest BCUT2D eigenvalue weighted by molar-refractivity contribution is -0.121. The first kappa shape index (κ1) is 27.4. The van der Waals surface area contributed by atoms with Gasteiger partial charge in [-0.15, -0.1) is 0 Å². The molecule has 0 atom stereocenters. The van der Waals surface area contributed by atoms with Crippen molar-refractivity contribution in [3.63, 3.8) is 0 Å². The van der Waals surface area contributed by atoms with Gasteiger partial charge < -0.3 is 14.6 Å². The summed E-state index contributed by atoms with van der Waals surface area (Å²) in [5, 5.41) is 4.03. The summed E-state index contributed by atoms with van der Waals surface area (Å²) in [4.78, 5) is 26.5. The molecule has 0 radical (unpaired) electrons. The summed E-state index contributed by atoms with van der Waals surface area (Å²) in [5.74, 6) is -0.0365. The van der Waals surface area contributed by atoms with Gasteiger partial charge in [0.25, 0.3) is 0 Å². The number of fused-ring (bicyclic) bond motifs is 1. The number of nitrogens with zero attached hydrogens (tertiary/aromatic N) is 2. The molecule has 2 bridgehead atoms. The van der Waals surface area contributed by atoms with E-state index >= 15 is 0 Å². The van der Waals surface area contributed by atoms with Gasteiger partial charge in [-0.05, 0) is 73.1 Å². The van der Waals surface area contributed by atoms with Gasteiger partial charge in [-0.25, -0.2) is 12.7 Å². The fraction of sp³-hybridized carbons (Fsp3) is 0.467. The summed E-state index contributed by atoms with van der Waals surface area (Å²) in [5.41, 5.74) is 4.29. The molecule has 2 aromatic carbocycles. The molecule has 9 heteroatoms. The van der Waals surface area contributed by atoms with Gasteiger partial charge >= 0.3 is 0 Å². The largest absolute Gasteiger partial charge is 0.497 e. The maximum atomic E-state index is 13.3. The summed E-state index contributed by atoms with van der Waals surface area (Å²) in [7, 11) is -0.604. The Morgan fingerprint density at radius 2 is 1.64 bits per heavy atom. The van der Waals surface area contributed by atoms with Crippen molar-refractivity contribution in [1.29, 1.82) is 0 Å². The molecule has 2 aliphatic rings. The lowest BCUT2D eigenvalue weighted by Gasteiger charge is -2.24. The Bertz CT molecular complexity index is 1470. The number of Topliss-reactive ketones (excluding diaryl/α,β-unsaturated/α-hetero) is 1. The van der Waals surface area contributed by atoms with Crippen LogP contribution in [-0.4, -0.2) is 62.0 Å². The molecule has 5 rings (SSSR count). The van der Waals surface area contributed by atoms with E-state index in [-0.39, 0.29) is 12.5 Å². The molecule has 8 nitrogen and oxygen atoms in total. The highest BCUT2D eigenvalue weighted by molar-refractivity contribution is 7.89. The molecule has 3 aromatic rings. The standard InChI is InChI=1S/C30H37N3O5S/c1-32-17-7-6-16-31-28(35)19-33-26-18-23(27(34)20-39(32,36)37)12-15-25(26)29(21-8-4-3-5-9-21)30(33)22-10-13-24(38-2)14-11-22/h10-15,18,21H,3-9,16-17,19-20H2,1-2H3,(H,31,35). The normalized spacial score (nSPS) is 19.9. The number of ether oxygens (including phenoxy) is 1. The smallest absolute Gasteiger partial charge is 0.239 e. The summed E-state index contributed by atoms with van der Waals surface area (Å²) in [6.07, 6.45) is 6.90. The van der Waals surface area contributed by atoms with Gasteiger partial charge in [0.15, 0.2) is 5.78 Å². The van der Waals surface area contributed by atoms with Crippen LogP contribution >= 0.6 is 0 Å². The molecule has 1 aromatic heterocycles. The first-order chi connectivity index (χ1) is 18.8. The van der Waals surface area contributed by atoms with Gasteiger partial charge in [0, 0.05) is 36.6 Å². The Kier molecular flexibility index (Phi) is 8.09. The van der Waals surface area contributed by atoms with Gasteiger partial charge in [-0.1, -0.05) is 31.4 Å². The molecular formula is C30H37N3O5S. The van der Waals surface area contributed by atoms with Crippen LogP contribution in [0, 0.1) is 0 Å². The van der Waals surface area contributed by atoms with Gasteiger partial charge in [0.1, 0.15) is 18.0 Å². The molecule has 39 heavy (non-hydrogen) atoms. The number of rotatable bonds is 3. The second kappa shape index (κ2) is 11.5. The van der Waals surface area contributed by atoms with E-state index in [4.69, 9.17) is 4.74 Å². The van der Waals surface area contributed by atoms with Crippen LogP contribution in [0.5, 0.6) is 5.75 Å². The van der Waals surface area contributed by atoms with E-state index in [9.17, 15) is 18.0 Å². The summed E-state index contributed by atoms with van der Waals surface area (Å²) >= 11 is 0. The zero-order chi connectivity index (χ0) is 27.6. The number of aromatic nitrogens is 1. The minimum Gasteiger partial charge on any atom is -0.497 e. The average Bonchev–Trinajstić information content (AvgIpc) is 3.25. The van der Waals surface area contributed by atoms with Crippen molar-refractivity contribution < 1.29 is 22.7 Å². The van der Waals surface area contributed by atoms with Crippen LogP contribution in [0.25, 0.3) is 22.2 Å². The summed E-state index contributed by atoms with van der Waals surface area (Å²) < 4.78 is 34.5. The highest BCUT2D eigenvalue weighted by Gasteiger charge is 2.29. The number of methoxy groups -OCH3 is 1. The molecular weight excluding hydrogens is 514 g/mol. The number of nitrogens with one attached hydrogen (secondary N) is 1. The molecule has 0 unspecified atom stereocenters. The Morgan fingerprint density at radius 1 is 0.923 bits per heavy atom. The number of ketones is 1. The number of hydrogen-bond acceptors (Lipinski definition) is 5. The van der Waals surface area contributed by atoms with E-state index in [0.29, 0.717) is 37.4 Å². The van der Waals surface area contributed by atoms with Crippen molar-refractivity contribution in [2.75, 3.05) is 33.0 Å². The Balaban J connectivity index is 1.72. The van der Waals surface area contributed by atoms with E-state index in [0.717, 1.165) is 53.6 Å². The molecule has 1 aliphatic heterocycles. The molecule has 0 saturated heterocycles. The van der Waals surface area contributed by atoms with Crippen molar-refractivity contribution in [2.45, 2.75) is 57.4 Å². The zero-order valence-electron chi connectivity index (χ0n) is 22.7. The number of amides is 1. The quantitative estimate of drug-likeness (QED) is 0.508. The molecule has 208 valence electrons. The van der Waals surface area contributed by atoms with Gasteiger partial charge in [-0.2, -0.15) is 0 Å². The maximum absolute atomic E-state index is 13.3. The fourth-order valence-corrected chi connectivity index (χ4v) is 7.09. The van der Waals surface area contributed by atoms with Crippen LogP contribution in [0.3, 0.4) is 0 Å². The first-order valence-electron chi connectivity index (χ1n) is 13.8. The van der Waals surface area contributed by atoms with Crippen molar-refractivity contribution >= 4 is 32.6 Å². The third kappa shape index (κ3) is 5.75. The Morgan fingerprint density at radius 3 is 2.36 bits per heavy atom. The van der Waals surface area contributed by atoms with Crippen LogP contribution in [0.1, 0.15) is 66.8 Å². The van der Waals surface area contributed by atoms with Crippen molar-refractivity contribution in [3.8, 4) is 17.0 Å². The topological polar surface area (TPSA) is 97.7 Å². The SMILES string of the molecule is COc1ccc(-c2c(C3CCCCC3)c3ccc4cc3n2CC(=O)NCCCCN(C)S(=O)(=O)CC4=O)cc1. The number of benzene rings is 2. The fourth-order valence-electron chi connectivity index (χ4n) is 5.96. The number of carbonyl (C=O) groups excluding carboxylic acids is 2. The minimum atomic E-state index is -3.75. The lowest BCUT2D eigenvalue weighted by atomic mass is 9.81. The first-order valence-corrected chi connectivity index (χ1v) is 15.4. The molecule has 1 N–H and O–H groups in total. The van der Waals surface area contributed by atoms with Gasteiger partial charge in [0.05, 0.1) is 12.8 Å². The highest BCUT2D eigenvalue weighted by Crippen LogP contribution is 2.44. The number of hydrogen-bond donors (Lipinski definition) is 1. The second-order valence-corrected chi connectivity index (χ2v) is 12.8. The molecule has 1 amide bonds. The minimum absolute atomic E-state index is 0.107. The van der Waals surface area contributed by atoms with Crippen LogP contribution in [0.2, 0.25) is 0 Å². The zero-order valence-corrected chi connectivity index (χ0v) is 23.6. The van der Waals surface area contributed by atoms with E-state index in [2.05, 4.69) is 5.32 Å². The molecule has 2 heterocycles. The van der Waals surface area contributed by atoms with Crippen molar-refractivity contribution in [2.24, 2.45) is 0 Å². The third-order valence-electron chi connectivity index (χ3n) is 8.11. The predicted octanol–water partition coefficient (Wildman–Crippen LogP) is 4.72. The van der Waals surface area contributed by atoms with E-state index in [1.165, 1.54) is 23.3 Å².